The average Bonchev–Trinajstić information content (AvgIpc) is 3.57. The van der Waals surface area contributed by atoms with Crippen LogP contribution >= 0.6 is 0 Å². The van der Waals surface area contributed by atoms with Crippen LogP contribution in [0.4, 0.5) is 11.6 Å². The Kier molecular flexibility index (Phi) is 5.30. The van der Waals surface area contributed by atoms with Crippen molar-refractivity contribution in [3.63, 3.8) is 0 Å². The maximum absolute atomic E-state index is 13.1. The summed E-state index contributed by atoms with van der Waals surface area (Å²) in [6, 6.07) is 16.5. The summed E-state index contributed by atoms with van der Waals surface area (Å²) >= 11 is 0. The monoisotopic (exact) mass is 466 g/mol. The van der Waals surface area contributed by atoms with Crippen LogP contribution in [0.25, 0.3) is 16.7 Å². The molecule has 3 N–H and O–H groups in total. The predicted octanol–water partition coefficient (Wildman–Crippen LogP) is 2.87. The van der Waals surface area contributed by atoms with E-state index in [-0.39, 0.29) is 17.0 Å². The van der Waals surface area contributed by atoms with Crippen molar-refractivity contribution in [2.75, 3.05) is 18.0 Å². The van der Waals surface area contributed by atoms with Crippen LogP contribution in [0.1, 0.15) is 34.3 Å². The maximum atomic E-state index is 13.1. The van der Waals surface area contributed by atoms with Gasteiger partial charge in [-0.3, -0.25) is 9.59 Å². The Morgan fingerprint density at radius 2 is 1.94 bits per heavy atom. The summed E-state index contributed by atoms with van der Waals surface area (Å²) in [7, 11) is 0. The van der Waals surface area contributed by atoms with Crippen molar-refractivity contribution in [2.45, 2.75) is 31.7 Å². The summed E-state index contributed by atoms with van der Waals surface area (Å²) in [5.74, 6) is -0.252. The van der Waals surface area contributed by atoms with Crippen LogP contribution in [0.15, 0.2) is 65.7 Å². The SMILES string of the molecule is NC(=O)c1cn(-c2ccc3c(c2)CCC3)c2nc(N(c3ccccc3)C3CCNC3)ncc2c1=O. The van der Waals surface area contributed by atoms with E-state index in [4.69, 9.17) is 10.7 Å². The van der Waals surface area contributed by atoms with Crippen LogP contribution in [0.2, 0.25) is 0 Å². The second-order valence-electron chi connectivity index (χ2n) is 9.17. The van der Waals surface area contributed by atoms with Crippen molar-refractivity contribution in [2.24, 2.45) is 5.73 Å². The Hall–Kier alpha value is -4.04. The van der Waals surface area contributed by atoms with Crippen molar-refractivity contribution in [1.82, 2.24) is 19.9 Å². The zero-order chi connectivity index (χ0) is 23.9. The number of nitrogens with two attached hydrogens (primary N) is 1. The first-order valence-electron chi connectivity index (χ1n) is 12.0. The van der Waals surface area contributed by atoms with E-state index in [1.165, 1.54) is 23.5 Å². The zero-order valence-corrected chi connectivity index (χ0v) is 19.3. The molecule has 2 aromatic carbocycles. The summed E-state index contributed by atoms with van der Waals surface area (Å²) in [5, 5.41) is 3.68. The normalized spacial score (nSPS) is 17.0. The minimum absolute atomic E-state index is 0.0748. The number of carbonyl (C=O) groups is 1. The molecule has 1 saturated heterocycles. The van der Waals surface area contributed by atoms with Gasteiger partial charge in [0, 0.05) is 30.3 Å². The van der Waals surface area contributed by atoms with Crippen LogP contribution < -0.4 is 21.4 Å². The minimum atomic E-state index is -0.765. The number of benzene rings is 2. The van der Waals surface area contributed by atoms with Crippen molar-refractivity contribution in [3.8, 4) is 5.69 Å². The standard InChI is InChI=1S/C27H26N6O2/c28-25(35)23-16-32(20-10-9-17-5-4-6-18(17)13-20)26-22(24(23)34)15-30-27(31-26)33(21-11-12-29-14-21)19-7-2-1-3-8-19/h1-3,7-10,13,15-16,21,29H,4-6,11-12,14H2,(H2,28,35). The maximum Gasteiger partial charge on any atom is 0.254 e. The number of rotatable bonds is 5. The van der Waals surface area contributed by atoms with Gasteiger partial charge in [0.05, 0.1) is 11.4 Å². The molecule has 2 aromatic heterocycles. The lowest BCUT2D eigenvalue weighted by Gasteiger charge is -2.29. The third-order valence-corrected chi connectivity index (χ3v) is 7.01. The van der Waals surface area contributed by atoms with E-state index < -0.39 is 11.3 Å². The quantitative estimate of drug-likeness (QED) is 0.469. The Balaban J connectivity index is 1.58. The van der Waals surface area contributed by atoms with Gasteiger partial charge in [0.2, 0.25) is 11.4 Å². The van der Waals surface area contributed by atoms with Crippen molar-refractivity contribution >= 4 is 28.6 Å². The predicted molar refractivity (Wildman–Crippen MR) is 136 cm³/mol. The molecule has 2 aliphatic rings. The number of aromatic nitrogens is 3. The summed E-state index contributed by atoms with van der Waals surface area (Å²) in [5.41, 5.74) is 9.95. The minimum Gasteiger partial charge on any atom is -0.365 e. The van der Waals surface area contributed by atoms with Gasteiger partial charge in [-0.1, -0.05) is 24.3 Å². The van der Waals surface area contributed by atoms with Crippen LogP contribution in [0.3, 0.4) is 0 Å². The number of para-hydroxylation sites is 1. The smallest absolute Gasteiger partial charge is 0.254 e. The molecule has 1 atom stereocenters. The third-order valence-electron chi connectivity index (χ3n) is 7.01. The number of hydrogen-bond donors (Lipinski definition) is 2. The molecule has 1 unspecified atom stereocenters. The number of hydrogen-bond acceptors (Lipinski definition) is 6. The van der Waals surface area contributed by atoms with Crippen LogP contribution in [-0.2, 0) is 12.8 Å². The van der Waals surface area contributed by atoms with E-state index in [2.05, 4.69) is 27.3 Å². The first kappa shape index (κ1) is 21.5. The zero-order valence-electron chi connectivity index (χ0n) is 19.3. The first-order valence-corrected chi connectivity index (χ1v) is 12.0. The second-order valence-corrected chi connectivity index (χ2v) is 9.17. The van der Waals surface area contributed by atoms with Gasteiger partial charge in [-0.15, -0.1) is 0 Å². The van der Waals surface area contributed by atoms with E-state index in [0.717, 1.165) is 50.1 Å². The van der Waals surface area contributed by atoms with Crippen molar-refractivity contribution in [3.05, 3.63) is 87.8 Å². The van der Waals surface area contributed by atoms with Gasteiger partial charge >= 0.3 is 0 Å². The number of anilines is 2. The van der Waals surface area contributed by atoms with Gasteiger partial charge in [0.25, 0.3) is 5.91 Å². The number of primary amides is 1. The number of nitrogens with one attached hydrogen (secondary N) is 1. The molecule has 0 radical (unpaired) electrons. The summed E-state index contributed by atoms with van der Waals surface area (Å²) in [6.45, 7) is 1.73. The number of aryl methyl sites for hydroxylation is 2. The fourth-order valence-electron chi connectivity index (χ4n) is 5.24. The molecule has 35 heavy (non-hydrogen) atoms. The molecule has 4 aromatic rings. The molecular weight excluding hydrogens is 440 g/mol. The molecular formula is C27H26N6O2. The molecule has 0 spiro atoms. The van der Waals surface area contributed by atoms with E-state index in [1.807, 2.05) is 36.4 Å². The van der Waals surface area contributed by atoms with Crippen LogP contribution in [0, 0.1) is 0 Å². The Labute approximate surface area is 202 Å². The molecule has 3 heterocycles. The molecule has 8 heteroatoms. The summed E-state index contributed by atoms with van der Waals surface area (Å²) in [6.07, 6.45) is 7.21. The molecule has 0 saturated carbocycles. The van der Waals surface area contributed by atoms with E-state index in [9.17, 15) is 9.59 Å². The van der Waals surface area contributed by atoms with Gasteiger partial charge < -0.3 is 20.5 Å². The number of amides is 1. The third kappa shape index (κ3) is 3.76. The second kappa shape index (κ2) is 8.63. The number of nitrogens with zero attached hydrogens (tertiary/aromatic N) is 4. The highest BCUT2D eigenvalue weighted by molar-refractivity contribution is 5.96. The number of fused-ring (bicyclic) bond motifs is 2. The Bertz CT molecular complexity index is 1490. The lowest BCUT2D eigenvalue weighted by Crippen LogP contribution is -2.34. The molecule has 1 fully saturated rings. The number of carbonyl (C=O) groups excluding carboxylic acids is 1. The molecule has 176 valence electrons. The Morgan fingerprint density at radius 3 is 2.71 bits per heavy atom. The van der Waals surface area contributed by atoms with Gasteiger partial charge in [-0.05, 0) is 67.6 Å². The van der Waals surface area contributed by atoms with Crippen LogP contribution in [0.5, 0.6) is 0 Å². The number of pyridine rings is 1. The molecule has 0 bridgehead atoms. The molecule has 1 amide bonds. The van der Waals surface area contributed by atoms with Crippen LogP contribution in [-0.4, -0.2) is 39.6 Å². The molecule has 8 nitrogen and oxygen atoms in total. The molecule has 6 rings (SSSR count). The topological polar surface area (TPSA) is 106 Å². The highest BCUT2D eigenvalue weighted by Crippen LogP contribution is 2.30. The van der Waals surface area contributed by atoms with E-state index >= 15 is 0 Å². The van der Waals surface area contributed by atoms with Gasteiger partial charge in [0.15, 0.2) is 5.65 Å². The lowest BCUT2D eigenvalue weighted by molar-refractivity contribution is 0.0999. The fraction of sp³-hybridized carbons (Fsp3) is 0.259. The molecule has 1 aliphatic carbocycles. The van der Waals surface area contributed by atoms with Gasteiger partial charge in [-0.2, -0.15) is 4.98 Å². The van der Waals surface area contributed by atoms with E-state index in [1.54, 1.807) is 4.57 Å². The van der Waals surface area contributed by atoms with Crippen molar-refractivity contribution in [1.29, 1.82) is 0 Å². The Morgan fingerprint density at radius 1 is 1.11 bits per heavy atom. The molecule has 1 aliphatic heterocycles. The highest BCUT2D eigenvalue weighted by atomic mass is 16.2. The summed E-state index contributed by atoms with van der Waals surface area (Å²) < 4.78 is 1.80. The van der Waals surface area contributed by atoms with E-state index in [0.29, 0.717) is 11.6 Å². The highest BCUT2D eigenvalue weighted by Gasteiger charge is 2.27. The van der Waals surface area contributed by atoms with Gasteiger partial charge in [-0.25, -0.2) is 4.98 Å². The average molecular weight is 467 g/mol. The largest absolute Gasteiger partial charge is 0.365 e. The van der Waals surface area contributed by atoms with Gasteiger partial charge in [0.1, 0.15) is 5.56 Å². The lowest BCUT2D eigenvalue weighted by atomic mass is 10.1. The van der Waals surface area contributed by atoms with Crippen molar-refractivity contribution < 1.29 is 4.79 Å². The fourth-order valence-corrected chi connectivity index (χ4v) is 5.24. The first-order chi connectivity index (χ1) is 17.1. The summed E-state index contributed by atoms with van der Waals surface area (Å²) in [4.78, 5) is 36.9.